The van der Waals surface area contributed by atoms with Crippen LogP contribution in [0.5, 0.6) is 5.75 Å². The van der Waals surface area contributed by atoms with Crippen molar-refractivity contribution in [3.05, 3.63) is 28.7 Å². The second-order valence-corrected chi connectivity index (χ2v) is 4.18. The molecule has 1 aromatic carbocycles. The second kappa shape index (κ2) is 4.08. The van der Waals surface area contributed by atoms with Gasteiger partial charge in [0.25, 0.3) is 0 Å². The Balaban J connectivity index is 2.47. The molecule has 15 heavy (non-hydrogen) atoms. The van der Waals surface area contributed by atoms with Gasteiger partial charge in [0.05, 0.1) is 22.5 Å². The van der Waals surface area contributed by atoms with Crippen LogP contribution in [-0.2, 0) is 0 Å². The molecule has 2 rings (SSSR count). The number of ether oxygens (including phenoxy) is 1. The first-order valence-electron chi connectivity index (χ1n) is 4.25. The summed E-state index contributed by atoms with van der Waals surface area (Å²) in [5, 5.41) is 0.572. The van der Waals surface area contributed by atoms with Gasteiger partial charge in [0.1, 0.15) is 11.6 Å². The van der Waals surface area contributed by atoms with Crippen molar-refractivity contribution in [2.75, 3.05) is 12.8 Å². The Bertz CT molecular complexity index is 484. The van der Waals surface area contributed by atoms with Gasteiger partial charge in [-0.15, -0.1) is 11.3 Å². The fourth-order valence-corrected chi connectivity index (χ4v) is 2.24. The molecule has 5 heteroatoms. The number of hydrogen-bond acceptors (Lipinski definition) is 4. The van der Waals surface area contributed by atoms with Crippen molar-refractivity contribution >= 4 is 28.8 Å². The lowest BCUT2D eigenvalue weighted by atomic mass is 10.2. The Hall–Kier alpha value is -1.26. The summed E-state index contributed by atoms with van der Waals surface area (Å²) in [4.78, 5) is 4.92. The summed E-state index contributed by atoms with van der Waals surface area (Å²) in [6.45, 7) is 0. The Morgan fingerprint density at radius 1 is 1.47 bits per heavy atom. The van der Waals surface area contributed by atoms with Gasteiger partial charge in [-0.3, -0.25) is 0 Å². The highest BCUT2D eigenvalue weighted by atomic mass is 35.5. The molecule has 0 aliphatic heterocycles. The van der Waals surface area contributed by atoms with E-state index in [2.05, 4.69) is 4.98 Å². The van der Waals surface area contributed by atoms with Crippen molar-refractivity contribution < 1.29 is 4.74 Å². The Labute approximate surface area is 96.5 Å². The van der Waals surface area contributed by atoms with Gasteiger partial charge in [-0.05, 0) is 23.8 Å². The number of halogens is 1. The van der Waals surface area contributed by atoms with Crippen molar-refractivity contribution in [3.8, 4) is 16.2 Å². The highest BCUT2D eigenvalue weighted by Gasteiger charge is 2.08. The van der Waals surface area contributed by atoms with Crippen LogP contribution in [0.2, 0.25) is 5.02 Å². The lowest BCUT2D eigenvalue weighted by Gasteiger charge is -2.04. The van der Waals surface area contributed by atoms with Gasteiger partial charge in [0.2, 0.25) is 0 Å². The summed E-state index contributed by atoms with van der Waals surface area (Å²) in [5.41, 5.74) is 8.39. The monoisotopic (exact) mass is 240 g/mol. The number of methoxy groups -OCH3 is 1. The normalized spacial score (nSPS) is 10.3. The molecule has 1 aromatic heterocycles. The number of aromatic nitrogens is 1. The lowest BCUT2D eigenvalue weighted by molar-refractivity contribution is 0.415. The molecule has 0 spiro atoms. The van der Waals surface area contributed by atoms with Crippen LogP contribution < -0.4 is 10.5 Å². The number of nitrogens with two attached hydrogens (primary N) is 1. The molecular weight excluding hydrogens is 232 g/mol. The molecule has 0 bridgehead atoms. The van der Waals surface area contributed by atoms with Crippen LogP contribution in [0.25, 0.3) is 10.4 Å². The van der Waals surface area contributed by atoms with E-state index in [1.807, 2.05) is 18.2 Å². The van der Waals surface area contributed by atoms with E-state index in [-0.39, 0.29) is 0 Å². The predicted octanol–water partition coefficient (Wildman–Crippen LogP) is 3.05. The first kappa shape index (κ1) is 10.3. The van der Waals surface area contributed by atoms with Crippen molar-refractivity contribution in [1.29, 1.82) is 0 Å². The maximum Gasteiger partial charge on any atom is 0.142 e. The molecule has 0 radical (unpaired) electrons. The van der Waals surface area contributed by atoms with Crippen LogP contribution in [-0.4, -0.2) is 12.1 Å². The largest absolute Gasteiger partial charge is 0.495 e. The SMILES string of the molecule is COc1ccc(-c2scnc2N)cc1Cl. The summed E-state index contributed by atoms with van der Waals surface area (Å²) in [6.07, 6.45) is 0. The molecule has 0 unspecified atom stereocenters. The third-order valence-electron chi connectivity index (χ3n) is 2.01. The van der Waals surface area contributed by atoms with E-state index >= 15 is 0 Å². The van der Waals surface area contributed by atoms with E-state index in [9.17, 15) is 0 Å². The number of nitrogen functional groups attached to an aromatic ring is 1. The van der Waals surface area contributed by atoms with E-state index in [1.54, 1.807) is 12.6 Å². The summed E-state index contributed by atoms with van der Waals surface area (Å²) in [7, 11) is 1.59. The lowest BCUT2D eigenvalue weighted by Crippen LogP contribution is -1.88. The molecule has 0 aliphatic rings. The number of anilines is 1. The molecule has 78 valence electrons. The number of nitrogens with zero attached hydrogens (tertiary/aromatic N) is 1. The summed E-state index contributed by atoms with van der Waals surface area (Å²) in [6, 6.07) is 5.55. The number of hydrogen-bond donors (Lipinski definition) is 1. The van der Waals surface area contributed by atoms with Crippen molar-refractivity contribution in [1.82, 2.24) is 4.98 Å². The van der Waals surface area contributed by atoms with Gasteiger partial charge in [0.15, 0.2) is 0 Å². The van der Waals surface area contributed by atoms with Crippen LogP contribution in [0.1, 0.15) is 0 Å². The molecule has 0 fully saturated rings. The van der Waals surface area contributed by atoms with Gasteiger partial charge in [-0.25, -0.2) is 4.98 Å². The summed E-state index contributed by atoms with van der Waals surface area (Å²) >= 11 is 7.51. The first-order valence-corrected chi connectivity index (χ1v) is 5.51. The molecular formula is C10H9ClN2OS. The highest BCUT2D eigenvalue weighted by Crippen LogP contribution is 2.34. The average molecular weight is 241 g/mol. The number of thiazole rings is 1. The van der Waals surface area contributed by atoms with Gasteiger partial charge in [-0.1, -0.05) is 11.6 Å². The topological polar surface area (TPSA) is 48.1 Å². The fraction of sp³-hybridized carbons (Fsp3) is 0.100. The summed E-state index contributed by atoms with van der Waals surface area (Å²) in [5.74, 6) is 1.18. The minimum absolute atomic E-state index is 0.529. The minimum Gasteiger partial charge on any atom is -0.495 e. The van der Waals surface area contributed by atoms with E-state index in [0.717, 1.165) is 10.4 Å². The summed E-state index contributed by atoms with van der Waals surface area (Å²) < 4.78 is 5.07. The molecule has 0 aliphatic carbocycles. The maximum absolute atomic E-state index is 6.02. The zero-order chi connectivity index (χ0) is 10.8. The highest BCUT2D eigenvalue weighted by molar-refractivity contribution is 7.13. The van der Waals surface area contributed by atoms with E-state index < -0.39 is 0 Å². The van der Waals surface area contributed by atoms with Crippen molar-refractivity contribution in [2.24, 2.45) is 0 Å². The third kappa shape index (κ3) is 1.91. The van der Waals surface area contributed by atoms with E-state index in [1.165, 1.54) is 11.3 Å². The molecule has 0 saturated carbocycles. The smallest absolute Gasteiger partial charge is 0.142 e. The predicted molar refractivity (Wildman–Crippen MR) is 63.5 cm³/mol. The molecule has 2 N–H and O–H groups in total. The molecule has 3 nitrogen and oxygen atoms in total. The van der Waals surface area contributed by atoms with Gasteiger partial charge in [-0.2, -0.15) is 0 Å². The molecule has 0 atom stereocenters. The third-order valence-corrected chi connectivity index (χ3v) is 3.20. The van der Waals surface area contributed by atoms with Crippen LogP contribution in [0, 0.1) is 0 Å². The fourth-order valence-electron chi connectivity index (χ4n) is 1.28. The van der Waals surface area contributed by atoms with Crippen LogP contribution in [0.4, 0.5) is 5.82 Å². The maximum atomic E-state index is 6.02. The number of rotatable bonds is 2. The molecule has 1 heterocycles. The van der Waals surface area contributed by atoms with Crippen LogP contribution >= 0.6 is 22.9 Å². The average Bonchev–Trinajstić information content (AvgIpc) is 2.64. The Kier molecular flexibility index (Phi) is 2.79. The molecule has 0 amide bonds. The zero-order valence-electron chi connectivity index (χ0n) is 8.03. The quantitative estimate of drug-likeness (QED) is 0.878. The Morgan fingerprint density at radius 2 is 2.27 bits per heavy atom. The zero-order valence-corrected chi connectivity index (χ0v) is 9.60. The van der Waals surface area contributed by atoms with Gasteiger partial charge in [0, 0.05) is 0 Å². The van der Waals surface area contributed by atoms with Crippen LogP contribution in [0.15, 0.2) is 23.7 Å². The van der Waals surface area contributed by atoms with Crippen molar-refractivity contribution in [3.63, 3.8) is 0 Å². The van der Waals surface area contributed by atoms with E-state index in [0.29, 0.717) is 16.6 Å². The standard InChI is InChI=1S/C10H9ClN2OS/c1-14-8-3-2-6(4-7(8)11)9-10(12)13-5-15-9/h2-5H,12H2,1H3. The first-order chi connectivity index (χ1) is 7.22. The number of benzene rings is 1. The van der Waals surface area contributed by atoms with Gasteiger partial charge < -0.3 is 10.5 Å². The minimum atomic E-state index is 0.529. The second-order valence-electron chi connectivity index (χ2n) is 2.92. The molecule has 2 aromatic rings. The van der Waals surface area contributed by atoms with Crippen molar-refractivity contribution in [2.45, 2.75) is 0 Å². The van der Waals surface area contributed by atoms with E-state index in [4.69, 9.17) is 22.1 Å². The Morgan fingerprint density at radius 3 is 2.80 bits per heavy atom. The van der Waals surface area contributed by atoms with Gasteiger partial charge >= 0.3 is 0 Å². The van der Waals surface area contributed by atoms with Crippen LogP contribution in [0.3, 0.4) is 0 Å². The molecule has 0 saturated heterocycles.